The van der Waals surface area contributed by atoms with Gasteiger partial charge >= 0.3 is 0 Å². The third-order valence-electron chi connectivity index (χ3n) is 5.08. The molecule has 5 nitrogen and oxygen atoms in total. The molecule has 0 aromatic heterocycles. The number of amides is 1. The highest BCUT2D eigenvalue weighted by Gasteiger charge is 2.28. The van der Waals surface area contributed by atoms with Gasteiger partial charge in [0.05, 0.1) is 19.3 Å². The molecule has 1 saturated carbocycles. The van der Waals surface area contributed by atoms with Crippen molar-refractivity contribution >= 4 is 18.3 Å². The van der Waals surface area contributed by atoms with Gasteiger partial charge in [0, 0.05) is 12.5 Å². The second-order valence-corrected chi connectivity index (χ2v) is 7.42. The van der Waals surface area contributed by atoms with Crippen LogP contribution in [0.3, 0.4) is 0 Å². The lowest BCUT2D eigenvalue weighted by Gasteiger charge is -2.25. The lowest BCUT2D eigenvalue weighted by Crippen LogP contribution is -2.35. The molecule has 0 aliphatic heterocycles. The quantitative estimate of drug-likeness (QED) is 0.652. The Balaban J connectivity index is 0.00000364. The summed E-state index contributed by atoms with van der Waals surface area (Å²) < 4.78 is 11.4. The number of hydrogen-bond acceptors (Lipinski definition) is 4. The summed E-state index contributed by atoms with van der Waals surface area (Å²) in [6.07, 6.45) is 3.73. The number of hydrogen-bond donors (Lipinski definition) is 2. The fourth-order valence-electron chi connectivity index (χ4n) is 3.69. The highest BCUT2D eigenvalue weighted by atomic mass is 35.5. The molecule has 1 amide bonds. The molecule has 0 spiro atoms. The molecule has 3 atom stereocenters. The standard InChI is InChI=1S/C21H34N2O3.ClH/c1-5-25-18-11-10-16(12-19(18)26-6-2)21(14(3)4)23-20(24)13-15-8-7-9-17(15)22;/h10-12,14-15,17,21H,5-9,13,22H2,1-4H3,(H,23,24);1H/t15-,17+,21?;/m0./s1. The molecule has 27 heavy (non-hydrogen) atoms. The molecular weight excluding hydrogens is 364 g/mol. The third-order valence-corrected chi connectivity index (χ3v) is 5.08. The summed E-state index contributed by atoms with van der Waals surface area (Å²) in [6.45, 7) is 9.29. The van der Waals surface area contributed by atoms with Crippen LogP contribution in [0, 0.1) is 11.8 Å². The van der Waals surface area contributed by atoms with Gasteiger partial charge in [-0.15, -0.1) is 12.4 Å². The van der Waals surface area contributed by atoms with Crippen LogP contribution < -0.4 is 20.5 Å². The van der Waals surface area contributed by atoms with E-state index >= 15 is 0 Å². The Hall–Kier alpha value is -1.46. The largest absolute Gasteiger partial charge is 0.490 e. The van der Waals surface area contributed by atoms with E-state index in [0.717, 1.165) is 36.3 Å². The van der Waals surface area contributed by atoms with Gasteiger partial charge in [-0.1, -0.05) is 26.3 Å². The van der Waals surface area contributed by atoms with Crippen LogP contribution in [-0.4, -0.2) is 25.2 Å². The van der Waals surface area contributed by atoms with Crippen molar-refractivity contribution in [3.05, 3.63) is 23.8 Å². The molecule has 0 heterocycles. The predicted molar refractivity (Wildman–Crippen MR) is 112 cm³/mol. The van der Waals surface area contributed by atoms with Crippen molar-refractivity contribution in [1.29, 1.82) is 0 Å². The van der Waals surface area contributed by atoms with Gasteiger partial charge in [0.25, 0.3) is 0 Å². The number of ether oxygens (including phenoxy) is 2. The van der Waals surface area contributed by atoms with Crippen LogP contribution in [-0.2, 0) is 4.79 Å². The number of rotatable bonds is 9. The Morgan fingerprint density at radius 1 is 1.19 bits per heavy atom. The van der Waals surface area contributed by atoms with Gasteiger partial charge in [-0.25, -0.2) is 0 Å². The van der Waals surface area contributed by atoms with Crippen LogP contribution in [0.25, 0.3) is 0 Å². The minimum absolute atomic E-state index is 0. The van der Waals surface area contributed by atoms with Gasteiger partial charge in [0.2, 0.25) is 5.91 Å². The summed E-state index contributed by atoms with van der Waals surface area (Å²) >= 11 is 0. The maximum absolute atomic E-state index is 12.6. The van der Waals surface area contributed by atoms with Crippen molar-refractivity contribution in [3.63, 3.8) is 0 Å². The molecule has 6 heteroatoms. The van der Waals surface area contributed by atoms with Crippen molar-refractivity contribution in [1.82, 2.24) is 5.32 Å². The Bertz CT molecular complexity index is 595. The van der Waals surface area contributed by atoms with E-state index in [1.54, 1.807) is 0 Å². The average Bonchev–Trinajstić information content (AvgIpc) is 2.99. The summed E-state index contributed by atoms with van der Waals surface area (Å²) in [4.78, 5) is 12.6. The smallest absolute Gasteiger partial charge is 0.220 e. The summed E-state index contributed by atoms with van der Waals surface area (Å²) in [5.74, 6) is 2.12. The summed E-state index contributed by atoms with van der Waals surface area (Å²) in [5.41, 5.74) is 7.15. The van der Waals surface area contributed by atoms with E-state index in [1.165, 1.54) is 0 Å². The van der Waals surface area contributed by atoms with E-state index in [2.05, 4.69) is 19.2 Å². The monoisotopic (exact) mass is 398 g/mol. The second-order valence-electron chi connectivity index (χ2n) is 7.42. The summed E-state index contributed by atoms with van der Waals surface area (Å²) in [5, 5.41) is 3.21. The van der Waals surface area contributed by atoms with E-state index in [9.17, 15) is 4.79 Å². The fraction of sp³-hybridized carbons (Fsp3) is 0.667. The first-order valence-electron chi connectivity index (χ1n) is 9.90. The van der Waals surface area contributed by atoms with Crippen molar-refractivity contribution in [3.8, 4) is 11.5 Å². The number of carbonyl (C=O) groups is 1. The highest BCUT2D eigenvalue weighted by molar-refractivity contribution is 5.85. The number of nitrogens with two attached hydrogens (primary N) is 1. The Kier molecular flexibility index (Phi) is 9.95. The van der Waals surface area contributed by atoms with E-state index < -0.39 is 0 Å². The number of halogens is 1. The zero-order valence-electron chi connectivity index (χ0n) is 17.0. The first-order chi connectivity index (χ1) is 12.5. The Morgan fingerprint density at radius 3 is 2.41 bits per heavy atom. The van der Waals surface area contributed by atoms with E-state index in [1.807, 2.05) is 32.0 Å². The second kappa shape index (κ2) is 11.4. The lowest BCUT2D eigenvalue weighted by molar-refractivity contribution is -0.123. The van der Waals surface area contributed by atoms with Crippen LogP contribution in [0.5, 0.6) is 11.5 Å². The van der Waals surface area contributed by atoms with Crippen LogP contribution in [0.1, 0.15) is 65.0 Å². The zero-order chi connectivity index (χ0) is 19.1. The molecule has 3 N–H and O–H groups in total. The normalized spacial score (nSPS) is 20.1. The summed E-state index contributed by atoms with van der Waals surface area (Å²) in [7, 11) is 0. The first-order valence-corrected chi connectivity index (χ1v) is 9.90. The first kappa shape index (κ1) is 23.6. The molecule has 1 unspecified atom stereocenters. The fourth-order valence-corrected chi connectivity index (χ4v) is 3.69. The Labute approximate surface area is 169 Å². The van der Waals surface area contributed by atoms with Gasteiger partial charge in [-0.05, 0) is 56.2 Å². The molecule has 1 aromatic carbocycles. The molecule has 1 aliphatic rings. The van der Waals surface area contributed by atoms with Gasteiger partial charge < -0.3 is 20.5 Å². The van der Waals surface area contributed by atoms with Gasteiger partial charge in [-0.3, -0.25) is 4.79 Å². The lowest BCUT2D eigenvalue weighted by atomic mass is 9.94. The van der Waals surface area contributed by atoms with Crippen LogP contribution in [0.4, 0.5) is 0 Å². The maximum atomic E-state index is 12.6. The molecule has 2 rings (SSSR count). The Morgan fingerprint density at radius 2 is 1.85 bits per heavy atom. The van der Waals surface area contributed by atoms with E-state index in [4.69, 9.17) is 15.2 Å². The molecule has 1 fully saturated rings. The number of carbonyl (C=O) groups excluding carboxylic acids is 1. The van der Waals surface area contributed by atoms with E-state index in [0.29, 0.717) is 25.6 Å². The molecule has 0 saturated heterocycles. The minimum Gasteiger partial charge on any atom is -0.490 e. The number of benzene rings is 1. The van der Waals surface area contributed by atoms with Crippen molar-refractivity contribution in [2.45, 2.75) is 65.5 Å². The zero-order valence-corrected chi connectivity index (χ0v) is 17.8. The van der Waals surface area contributed by atoms with Crippen LogP contribution in [0.15, 0.2) is 18.2 Å². The number of nitrogens with one attached hydrogen (secondary N) is 1. The van der Waals surface area contributed by atoms with E-state index in [-0.39, 0.29) is 36.3 Å². The molecule has 1 aromatic rings. The van der Waals surface area contributed by atoms with Crippen LogP contribution in [0.2, 0.25) is 0 Å². The van der Waals surface area contributed by atoms with Crippen molar-refractivity contribution in [2.75, 3.05) is 13.2 Å². The van der Waals surface area contributed by atoms with Gasteiger partial charge in [0.15, 0.2) is 11.5 Å². The maximum Gasteiger partial charge on any atom is 0.220 e. The predicted octanol–water partition coefficient (Wildman–Crippen LogP) is 4.24. The van der Waals surface area contributed by atoms with Gasteiger partial charge in [0.1, 0.15) is 0 Å². The highest BCUT2D eigenvalue weighted by Crippen LogP contribution is 2.33. The van der Waals surface area contributed by atoms with Crippen LogP contribution >= 0.6 is 12.4 Å². The molecule has 154 valence electrons. The topological polar surface area (TPSA) is 73.6 Å². The van der Waals surface area contributed by atoms with Gasteiger partial charge in [-0.2, -0.15) is 0 Å². The average molecular weight is 399 g/mol. The van der Waals surface area contributed by atoms with Crippen molar-refractivity contribution in [2.24, 2.45) is 17.6 Å². The molecule has 0 radical (unpaired) electrons. The summed E-state index contributed by atoms with van der Waals surface area (Å²) in [6, 6.07) is 6.03. The minimum atomic E-state index is -0.0602. The molecular formula is C21H35ClN2O3. The SMILES string of the molecule is CCOc1ccc(C(NC(=O)C[C@@H]2CCC[C@H]2N)C(C)C)cc1OCC.Cl. The molecule has 1 aliphatic carbocycles. The van der Waals surface area contributed by atoms with Crippen molar-refractivity contribution < 1.29 is 14.3 Å². The third kappa shape index (κ3) is 6.58. The molecule has 0 bridgehead atoms.